The molecule has 0 radical (unpaired) electrons. The van der Waals surface area contributed by atoms with Crippen molar-refractivity contribution in [2.75, 3.05) is 18.3 Å². The summed E-state index contributed by atoms with van der Waals surface area (Å²) in [5, 5.41) is 0. The molecule has 0 amide bonds. The molecule has 1 nitrogen and oxygen atoms in total. The Morgan fingerprint density at radius 2 is 2.29 bits per heavy atom. The Labute approximate surface area is 65.9 Å². The van der Waals surface area contributed by atoms with Crippen LogP contribution in [0.1, 0.15) is 0 Å². The second-order valence-corrected chi connectivity index (χ2v) is 8.42. The topological polar surface area (TPSA) is 26.0 Å². The first-order valence-corrected chi connectivity index (χ1v) is 8.82. The van der Waals surface area contributed by atoms with E-state index in [1.54, 1.807) is 0 Å². The fourth-order valence-corrected chi connectivity index (χ4v) is 6.00. The fourth-order valence-electron chi connectivity index (χ4n) is 0.199. The van der Waals surface area contributed by atoms with Crippen LogP contribution in [0.2, 0.25) is 0 Å². The molecule has 3 heteroatoms. The molecule has 0 heterocycles. The van der Waals surface area contributed by atoms with Crippen LogP contribution in [0.5, 0.6) is 0 Å². The summed E-state index contributed by atoms with van der Waals surface area (Å²) < 4.78 is 3.71. The van der Waals surface area contributed by atoms with Crippen molar-refractivity contribution >= 4 is 42.4 Å². The van der Waals surface area contributed by atoms with Crippen molar-refractivity contribution in [2.45, 2.75) is 0 Å². The Bertz CT molecular complexity index is 40.7. The molecule has 0 bridgehead atoms. The van der Waals surface area contributed by atoms with Crippen LogP contribution in [0, 0.1) is 0 Å². The third-order valence-corrected chi connectivity index (χ3v) is 7.15. The van der Waals surface area contributed by atoms with Crippen LogP contribution in [0.4, 0.5) is 0 Å². The van der Waals surface area contributed by atoms with Gasteiger partial charge in [-0.05, 0) is 0 Å². The Morgan fingerprint density at radius 1 is 1.71 bits per heavy atom. The third-order valence-electron chi connectivity index (χ3n) is 0.657. The number of alkyl halides is 4. The van der Waals surface area contributed by atoms with E-state index in [0.717, 1.165) is 4.55 Å². The SMILES string of the molecule is CI(CN)CCI. The molecule has 0 spiro atoms. The molecule has 0 fully saturated rings. The van der Waals surface area contributed by atoms with Gasteiger partial charge in [0.2, 0.25) is 0 Å². The van der Waals surface area contributed by atoms with Gasteiger partial charge in [0.05, 0.1) is 0 Å². The number of nitrogens with two attached hydrogens (primary N) is 1. The summed E-state index contributed by atoms with van der Waals surface area (Å²) in [5.74, 6) is 0. The second kappa shape index (κ2) is 5.55. The van der Waals surface area contributed by atoms with E-state index >= 15 is 0 Å². The molecule has 0 aliphatic carbocycles. The van der Waals surface area contributed by atoms with Crippen LogP contribution >= 0.6 is 42.4 Å². The van der Waals surface area contributed by atoms with E-state index in [2.05, 4.69) is 27.5 Å². The average molecular weight is 327 g/mol. The summed E-state index contributed by atoms with van der Waals surface area (Å²) >= 11 is 1.85. The Morgan fingerprint density at radius 3 is 2.43 bits per heavy atom. The van der Waals surface area contributed by atoms with Gasteiger partial charge in [-0.2, -0.15) is 0 Å². The van der Waals surface area contributed by atoms with Crippen LogP contribution in [0.15, 0.2) is 0 Å². The predicted octanol–water partition coefficient (Wildman–Crippen LogP) is 1.47. The average Bonchev–Trinajstić information content (AvgIpc) is 1.68. The summed E-state index contributed by atoms with van der Waals surface area (Å²) in [6.45, 7) is 0. The van der Waals surface area contributed by atoms with Gasteiger partial charge in [0, 0.05) is 0 Å². The molecular weight excluding hydrogens is 316 g/mol. The first-order chi connectivity index (χ1) is 3.31. The molecule has 7 heavy (non-hydrogen) atoms. The molecule has 0 aromatic rings. The monoisotopic (exact) mass is 327 g/mol. The number of halogens is 2. The molecular formula is C4H11I2N. The zero-order valence-electron chi connectivity index (χ0n) is 4.45. The molecule has 0 aliphatic rings. The number of hydrogen-bond acceptors (Lipinski definition) is 1. The second-order valence-electron chi connectivity index (χ2n) is 1.26. The van der Waals surface area contributed by atoms with Gasteiger partial charge < -0.3 is 0 Å². The van der Waals surface area contributed by atoms with E-state index in [9.17, 15) is 0 Å². The first kappa shape index (κ1) is 8.42. The Kier molecular flexibility index (Phi) is 6.68. The van der Waals surface area contributed by atoms with Crippen LogP contribution in [-0.4, -0.2) is 18.3 Å². The van der Waals surface area contributed by atoms with Crippen LogP contribution in [0.3, 0.4) is 0 Å². The molecule has 0 rings (SSSR count). The normalized spacial score (nSPS) is 11.6. The van der Waals surface area contributed by atoms with Gasteiger partial charge in [0.15, 0.2) is 0 Å². The van der Waals surface area contributed by atoms with Crippen molar-refractivity contribution in [2.24, 2.45) is 5.73 Å². The van der Waals surface area contributed by atoms with Crippen molar-refractivity contribution in [3.63, 3.8) is 0 Å². The molecule has 0 aliphatic heterocycles. The summed E-state index contributed by atoms with van der Waals surface area (Å²) in [5.41, 5.74) is 5.42. The standard InChI is InChI=1S/C4H11I2N/c1-6(4-7)3-2-5/h2-4,7H2,1H3. The van der Waals surface area contributed by atoms with Gasteiger partial charge in [-0.3, -0.25) is 0 Å². The predicted molar refractivity (Wildman–Crippen MR) is 52.8 cm³/mol. The maximum absolute atomic E-state index is 5.42. The van der Waals surface area contributed by atoms with Gasteiger partial charge in [0.1, 0.15) is 0 Å². The van der Waals surface area contributed by atoms with Gasteiger partial charge in [-0.15, -0.1) is 0 Å². The summed E-state index contributed by atoms with van der Waals surface area (Å²) in [4.78, 5) is 2.34. The Balaban J connectivity index is 2.83. The van der Waals surface area contributed by atoms with Crippen molar-refractivity contribution in [3.8, 4) is 0 Å². The van der Waals surface area contributed by atoms with Crippen molar-refractivity contribution in [3.05, 3.63) is 0 Å². The van der Waals surface area contributed by atoms with Crippen molar-refractivity contribution < 1.29 is 0 Å². The number of rotatable bonds is 3. The van der Waals surface area contributed by atoms with E-state index < -0.39 is 19.8 Å². The van der Waals surface area contributed by atoms with Crippen LogP contribution in [0.25, 0.3) is 0 Å². The van der Waals surface area contributed by atoms with E-state index in [1.165, 1.54) is 8.86 Å². The fraction of sp³-hybridized carbons (Fsp3) is 1.00. The van der Waals surface area contributed by atoms with Crippen LogP contribution < -0.4 is 5.73 Å². The summed E-state index contributed by atoms with van der Waals surface area (Å²) in [7, 11) is 0. The zero-order chi connectivity index (χ0) is 5.70. The third kappa shape index (κ3) is 5.29. The first-order valence-electron chi connectivity index (χ1n) is 2.09. The molecule has 0 saturated heterocycles. The molecule has 46 valence electrons. The van der Waals surface area contributed by atoms with Crippen LogP contribution in [-0.2, 0) is 0 Å². The van der Waals surface area contributed by atoms with Gasteiger partial charge in [0.25, 0.3) is 0 Å². The van der Waals surface area contributed by atoms with Gasteiger partial charge in [-0.1, -0.05) is 0 Å². The summed E-state index contributed by atoms with van der Waals surface area (Å²) in [6, 6.07) is 0. The quantitative estimate of drug-likeness (QED) is 0.474. The molecule has 2 N–H and O–H groups in total. The zero-order valence-corrected chi connectivity index (χ0v) is 8.77. The minimum absolute atomic E-state index is 0.556. The maximum atomic E-state index is 5.42. The molecule has 0 aromatic heterocycles. The van der Waals surface area contributed by atoms with Gasteiger partial charge >= 0.3 is 66.5 Å². The van der Waals surface area contributed by atoms with E-state index in [1.807, 2.05) is 0 Å². The Hall–Kier alpha value is 1.42. The van der Waals surface area contributed by atoms with E-state index in [0.29, 0.717) is 0 Å². The minimum atomic E-state index is -0.556. The molecule has 0 unspecified atom stereocenters. The molecule has 0 atom stereocenters. The summed E-state index contributed by atoms with van der Waals surface area (Å²) in [6.07, 6.45) is 0. The van der Waals surface area contributed by atoms with Crippen molar-refractivity contribution in [1.82, 2.24) is 0 Å². The van der Waals surface area contributed by atoms with Crippen molar-refractivity contribution in [1.29, 1.82) is 0 Å². The van der Waals surface area contributed by atoms with Gasteiger partial charge in [-0.25, -0.2) is 0 Å². The molecule has 0 aromatic carbocycles. The molecule has 0 saturated carbocycles. The van der Waals surface area contributed by atoms with E-state index in [4.69, 9.17) is 5.73 Å². The van der Waals surface area contributed by atoms with E-state index in [-0.39, 0.29) is 0 Å². The number of hydrogen-bond donors (Lipinski definition) is 1.